The van der Waals surface area contributed by atoms with E-state index in [9.17, 15) is 0 Å². The van der Waals surface area contributed by atoms with Crippen LogP contribution in [0, 0.1) is 0 Å². The van der Waals surface area contributed by atoms with Crippen LogP contribution in [0.15, 0.2) is 36.4 Å². The van der Waals surface area contributed by atoms with Gasteiger partial charge in [0.15, 0.2) is 0 Å². The Labute approximate surface area is 155 Å². The van der Waals surface area contributed by atoms with Crippen molar-refractivity contribution in [3.05, 3.63) is 47.5 Å². The van der Waals surface area contributed by atoms with Crippen LogP contribution in [0.5, 0.6) is 0 Å². The fourth-order valence-electron chi connectivity index (χ4n) is 3.17. The lowest BCUT2D eigenvalue weighted by Crippen LogP contribution is -2.03. The molecular formula is C22H28O4. The molecule has 26 heavy (non-hydrogen) atoms. The minimum Gasteiger partial charge on any atom is -0.379 e. The molecule has 2 atom stereocenters. The van der Waals surface area contributed by atoms with Crippen LogP contribution in [0.4, 0.5) is 0 Å². The Bertz CT molecular complexity index is 645. The van der Waals surface area contributed by atoms with Crippen LogP contribution in [-0.2, 0) is 31.8 Å². The first-order valence-corrected chi connectivity index (χ1v) is 9.77. The minimum atomic E-state index is 0.364. The lowest BCUT2D eigenvalue weighted by molar-refractivity contribution is 0.114. The Kier molecular flexibility index (Phi) is 6.18. The first-order chi connectivity index (χ1) is 12.9. The second kappa shape index (κ2) is 8.96. The van der Waals surface area contributed by atoms with E-state index in [2.05, 4.69) is 36.4 Å². The minimum absolute atomic E-state index is 0.364. The average Bonchev–Trinajstić information content (AvgIpc) is 3.56. The molecule has 0 aromatic heterocycles. The van der Waals surface area contributed by atoms with E-state index in [4.69, 9.17) is 18.9 Å². The number of hydrogen-bond acceptors (Lipinski definition) is 4. The highest BCUT2D eigenvalue weighted by atomic mass is 16.6. The number of ether oxygens (including phenoxy) is 4. The molecule has 0 radical (unpaired) electrons. The van der Waals surface area contributed by atoms with Crippen molar-refractivity contribution in [1.29, 1.82) is 0 Å². The SMILES string of the molecule is c1cc2cc(CCCOCC3CO3)ccc2cc1CCCOCC1CO1. The van der Waals surface area contributed by atoms with E-state index >= 15 is 0 Å². The molecule has 4 heteroatoms. The molecule has 0 saturated carbocycles. The molecule has 2 aromatic carbocycles. The molecule has 140 valence electrons. The Morgan fingerprint density at radius 2 is 1.19 bits per heavy atom. The third-order valence-corrected chi connectivity index (χ3v) is 4.89. The maximum atomic E-state index is 5.61. The number of rotatable bonds is 12. The Hall–Kier alpha value is -1.46. The van der Waals surface area contributed by atoms with E-state index < -0.39 is 0 Å². The highest BCUT2D eigenvalue weighted by molar-refractivity contribution is 5.83. The molecule has 2 aromatic rings. The molecule has 4 rings (SSSR count). The molecule has 0 amide bonds. The molecule has 0 spiro atoms. The van der Waals surface area contributed by atoms with Gasteiger partial charge in [-0.3, -0.25) is 0 Å². The summed E-state index contributed by atoms with van der Waals surface area (Å²) in [7, 11) is 0. The zero-order chi connectivity index (χ0) is 17.6. The van der Waals surface area contributed by atoms with Crippen molar-refractivity contribution < 1.29 is 18.9 Å². The second-order valence-corrected chi connectivity index (χ2v) is 7.28. The fraction of sp³-hybridized carbons (Fsp3) is 0.545. The Morgan fingerprint density at radius 3 is 1.62 bits per heavy atom. The summed E-state index contributed by atoms with van der Waals surface area (Å²) < 4.78 is 21.5. The number of benzene rings is 2. The normalized spacial score (nSPS) is 21.2. The largest absolute Gasteiger partial charge is 0.379 e. The number of hydrogen-bond donors (Lipinski definition) is 0. The number of aryl methyl sites for hydroxylation is 2. The Balaban J connectivity index is 1.20. The predicted molar refractivity (Wildman–Crippen MR) is 102 cm³/mol. The summed E-state index contributed by atoms with van der Waals surface area (Å²) in [6.07, 6.45) is 4.97. The molecule has 2 fully saturated rings. The maximum absolute atomic E-state index is 5.61. The molecule has 4 nitrogen and oxygen atoms in total. The van der Waals surface area contributed by atoms with Crippen molar-refractivity contribution in [1.82, 2.24) is 0 Å². The zero-order valence-electron chi connectivity index (χ0n) is 15.3. The highest BCUT2D eigenvalue weighted by Crippen LogP contribution is 2.20. The predicted octanol–water partition coefficient (Wildman–Crippen LogP) is 3.54. The average molecular weight is 356 g/mol. The lowest BCUT2D eigenvalue weighted by atomic mass is 10.0. The van der Waals surface area contributed by atoms with Gasteiger partial charge in [-0.15, -0.1) is 0 Å². The molecular weight excluding hydrogens is 328 g/mol. The molecule has 0 N–H and O–H groups in total. The van der Waals surface area contributed by atoms with Gasteiger partial charge in [-0.05, 0) is 47.6 Å². The first kappa shape index (κ1) is 17.9. The zero-order valence-corrected chi connectivity index (χ0v) is 15.3. The van der Waals surface area contributed by atoms with Gasteiger partial charge in [0.05, 0.1) is 26.4 Å². The van der Waals surface area contributed by atoms with Crippen LogP contribution in [0.25, 0.3) is 10.8 Å². The Morgan fingerprint density at radius 1 is 0.731 bits per heavy atom. The summed E-state index contributed by atoms with van der Waals surface area (Å²) >= 11 is 0. The topological polar surface area (TPSA) is 43.5 Å². The van der Waals surface area contributed by atoms with Crippen molar-refractivity contribution in [3.8, 4) is 0 Å². The van der Waals surface area contributed by atoms with Gasteiger partial charge in [0.2, 0.25) is 0 Å². The van der Waals surface area contributed by atoms with Crippen LogP contribution >= 0.6 is 0 Å². The van der Waals surface area contributed by atoms with Gasteiger partial charge in [0, 0.05) is 13.2 Å². The smallest absolute Gasteiger partial charge is 0.104 e. The first-order valence-electron chi connectivity index (χ1n) is 9.77. The number of fused-ring (bicyclic) bond motifs is 1. The van der Waals surface area contributed by atoms with Crippen molar-refractivity contribution in [2.75, 3.05) is 39.6 Å². The summed E-state index contributed by atoms with van der Waals surface area (Å²) in [5, 5.41) is 2.64. The molecule has 2 aliphatic heterocycles. The van der Waals surface area contributed by atoms with Crippen LogP contribution in [0.2, 0.25) is 0 Å². The molecule has 2 saturated heterocycles. The van der Waals surface area contributed by atoms with Crippen LogP contribution in [0.1, 0.15) is 24.0 Å². The molecule has 2 aliphatic rings. The van der Waals surface area contributed by atoms with Gasteiger partial charge in [-0.2, -0.15) is 0 Å². The maximum Gasteiger partial charge on any atom is 0.104 e. The van der Waals surface area contributed by atoms with E-state index in [1.165, 1.54) is 21.9 Å². The third-order valence-electron chi connectivity index (χ3n) is 4.89. The van der Waals surface area contributed by atoms with Crippen molar-refractivity contribution in [2.45, 2.75) is 37.9 Å². The summed E-state index contributed by atoms with van der Waals surface area (Å²) in [4.78, 5) is 0. The van der Waals surface area contributed by atoms with E-state index in [-0.39, 0.29) is 0 Å². The summed E-state index contributed by atoms with van der Waals surface area (Å²) in [6.45, 7) is 4.86. The van der Waals surface area contributed by atoms with Gasteiger partial charge >= 0.3 is 0 Å². The molecule has 0 bridgehead atoms. The highest BCUT2D eigenvalue weighted by Gasteiger charge is 2.22. The van der Waals surface area contributed by atoms with Gasteiger partial charge < -0.3 is 18.9 Å². The second-order valence-electron chi connectivity index (χ2n) is 7.28. The fourth-order valence-corrected chi connectivity index (χ4v) is 3.17. The molecule has 2 heterocycles. The van der Waals surface area contributed by atoms with Crippen LogP contribution in [-0.4, -0.2) is 51.8 Å². The molecule has 2 unspecified atom stereocenters. The van der Waals surface area contributed by atoms with Crippen LogP contribution in [0.3, 0.4) is 0 Å². The van der Waals surface area contributed by atoms with Crippen LogP contribution < -0.4 is 0 Å². The van der Waals surface area contributed by atoms with E-state index in [1.54, 1.807) is 0 Å². The third kappa shape index (κ3) is 5.78. The number of epoxide rings is 2. The molecule has 0 aliphatic carbocycles. The van der Waals surface area contributed by atoms with Crippen molar-refractivity contribution in [2.24, 2.45) is 0 Å². The lowest BCUT2D eigenvalue weighted by Gasteiger charge is -2.07. The summed E-state index contributed by atoms with van der Waals surface area (Å²) in [5.74, 6) is 0. The van der Waals surface area contributed by atoms with E-state index in [0.29, 0.717) is 12.2 Å². The van der Waals surface area contributed by atoms with Crippen molar-refractivity contribution >= 4 is 10.8 Å². The standard InChI is InChI=1S/C22H28O4/c1(9-23-13-21-15-25-21)3-17-5-7-20-12-18(6-8-19(20)11-17)4-2-10-24-14-22-16-26-22/h5-8,11-12,21-22H,1-4,9-10,13-16H2. The van der Waals surface area contributed by atoms with Gasteiger partial charge in [-0.25, -0.2) is 0 Å². The van der Waals surface area contributed by atoms with Gasteiger partial charge in [0.1, 0.15) is 12.2 Å². The van der Waals surface area contributed by atoms with Crippen molar-refractivity contribution in [3.63, 3.8) is 0 Å². The van der Waals surface area contributed by atoms with E-state index in [0.717, 1.165) is 65.3 Å². The monoisotopic (exact) mass is 356 g/mol. The van der Waals surface area contributed by atoms with Gasteiger partial charge in [-0.1, -0.05) is 36.4 Å². The summed E-state index contributed by atoms with van der Waals surface area (Å²) in [5.41, 5.74) is 2.76. The summed E-state index contributed by atoms with van der Waals surface area (Å²) in [6, 6.07) is 13.6. The van der Waals surface area contributed by atoms with Gasteiger partial charge in [0.25, 0.3) is 0 Å². The van der Waals surface area contributed by atoms with E-state index in [1.807, 2.05) is 0 Å². The quantitative estimate of drug-likeness (QED) is 0.431.